The molecular weight excluding hydrogens is 384 g/mol. The molecule has 1 aromatic heterocycles. The molecule has 0 aliphatic rings. The molecule has 3 N–H and O–H groups in total. The van der Waals surface area contributed by atoms with E-state index in [1.165, 1.54) is 19.1 Å². The molecule has 0 radical (unpaired) electrons. The molecule has 0 bridgehead atoms. The van der Waals surface area contributed by atoms with Crippen molar-refractivity contribution in [2.45, 2.75) is 6.92 Å². The predicted octanol–water partition coefficient (Wildman–Crippen LogP) is 3.91. The topological polar surface area (TPSA) is 129 Å². The van der Waals surface area contributed by atoms with E-state index in [4.69, 9.17) is 0 Å². The van der Waals surface area contributed by atoms with Crippen LogP contribution < -0.4 is 0 Å². The molecular formula is C22H16N4O4. The number of hydrogen-bond donors (Lipinski definition) is 3. The SMILES string of the molecule is Cc1c(C(=O)O)ccc(-c2ccc(-c3ccccc3)c(-c3nnn[nH]3)c2)c1C(=O)O. The molecule has 1 heterocycles. The Morgan fingerprint density at radius 2 is 1.57 bits per heavy atom. The number of carboxylic acids is 2. The van der Waals surface area contributed by atoms with Crippen LogP contribution >= 0.6 is 0 Å². The van der Waals surface area contributed by atoms with Gasteiger partial charge in [-0.3, -0.25) is 0 Å². The van der Waals surface area contributed by atoms with E-state index in [-0.39, 0.29) is 16.7 Å². The summed E-state index contributed by atoms with van der Waals surface area (Å²) >= 11 is 0. The first-order chi connectivity index (χ1) is 14.5. The molecule has 4 aromatic rings. The summed E-state index contributed by atoms with van der Waals surface area (Å²) in [6.07, 6.45) is 0. The molecule has 4 rings (SSSR count). The van der Waals surface area contributed by atoms with Crippen molar-refractivity contribution in [2.24, 2.45) is 0 Å². The third-order valence-corrected chi connectivity index (χ3v) is 4.93. The van der Waals surface area contributed by atoms with Crippen molar-refractivity contribution in [3.05, 3.63) is 77.4 Å². The second-order valence-electron chi connectivity index (χ2n) is 6.65. The maximum atomic E-state index is 12.0. The maximum Gasteiger partial charge on any atom is 0.336 e. The number of tetrazole rings is 1. The second kappa shape index (κ2) is 7.59. The lowest BCUT2D eigenvalue weighted by Gasteiger charge is -2.14. The van der Waals surface area contributed by atoms with E-state index in [0.29, 0.717) is 22.5 Å². The number of aromatic nitrogens is 4. The molecule has 0 atom stereocenters. The average Bonchev–Trinajstić information content (AvgIpc) is 3.28. The first kappa shape index (κ1) is 19.0. The number of hydrogen-bond acceptors (Lipinski definition) is 5. The van der Waals surface area contributed by atoms with Gasteiger partial charge in [0.15, 0.2) is 5.82 Å². The lowest BCUT2D eigenvalue weighted by atomic mass is 9.89. The Balaban J connectivity index is 1.96. The fourth-order valence-electron chi connectivity index (χ4n) is 3.51. The van der Waals surface area contributed by atoms with Gasteiger partial charge in [0.05, 0.1) is 11.1 Å². The van der Waals surface area contributed by atoms with Gasteiger partial charge in [0.25, 0.3) is 0 Å². The number of carboxylic acid groups (broad SMARTS) is 2. The van der Waals surface area contributed by atoms with Gasteiger partial charge in [0.1, 0.15) is 0 Å². The van der Waals surface area contributed by atoms with Gasteiger partial charge in [0, 0.05) is 5.56 Å². The summed E-state index contributed by atoms with van der Waals surface area (Å²) in [5.41, 5.74) is 3.64. The molecule has 0 fully saturated rings. The van der Waals surface area contributed by atoms with Crippen molar-refractivity contribution in [1.82, 2.24) is 20.6 Å². The van der Waals surface area contributed by atoms with Crippen molar-refractivity contribution < 1.29 is 19.8 Å². The molecule has 0 unspecified atom stereocenters. The Labute approximate surface area is 170 Å². The van der Waals surface area contributed by atoms with Crippen LogP contribution in [0.5, 0.6) is 0 Å². The number of rotatable bonds is 5. The number of nitrogens with one attached hydrogen (secondary N) is 1. The standard InChI is InChI=1S/C22H16N4O4/c1-12-15(21(27)28)9-10-17(19(12)22(29)30)14-7-8-16(13-5-3-2-4-6-13)18(11-14)20-23-25-26-24-20/h2-11H,1H3,(H,27,28)(H,29,30)(H,23,24,25,26). The van der Waals surface area contributed by atoms with Gasteiger partial charge in [-0.2, -0.15) is 0 Å². The molecule has 148 valence electrons. The van der Waals surface area contributed by atoms with Crippen LogP contribution in [0.4, 0.5) is 0 Å². The van der Waals surface area contributed by atoms with Crippen molar-refractivity contribution in [1.29, 1.82) is 0 Å². The van der Waals surface area contributed by atoms with E-state index in [2.05, 4.69) is 20.6 Å². The summed E-state index contributed by atoms with van der Waals surface area (Å²) in [6, 6.07) is 18.1. The van der Waals surface area contributed by atoms with Gasteiger partial charge >= 0.3 is 11.9 Å². The molecule has 0 aliphatic carbocycles. The van der Waals surface area contributed by atoms with Gasteiger partial charge in [-0.15, -0.1) is 5.10 Å². The van der Waals surface area contributed by atoms with Crippen LogP contribution in [0.1, 0.15) is 26.3 Å². The van der Waals surface area contributed by atoms with Crippen molar-refractivity contribution in [2.75, 3.05) is 0 Å². The normalized spacial score (nSPS) is 10.7. The summed E-state index contributed by atoms with van der Waals surface area (Å²) in [5.74, 6) is -1.93. The molecule has 3 aromatic carbocycles. The summed E-state index contributed by atoms with van der Waals surface area (Å²) in [7, 11) is 0. The zero-order chi connectivity index (χ0) is 21.3. The fraction of sp³-hybridized carbons (Fsp3) is 0.0455. The quantitative estimate of drug-likeness (QED) is 0.463. The minimum atomic E-state index is -1.19. The number of aromatic carboxylic acids is 2. The minimum absolute atomic E-state index is 0.0447. The Kier molecular flexibility index (Phi) is 4.81. The highest BCUT2D eigenvalue weighted by Crippen LogP contribution is 2.36. The zero-order valence-corrected chi connectivity index (χ0v) is 15.8. The molecule has 30 heavy (non-hydrogen) atoms. The number of aromatic amines is 1. The lowest BCUT2D eigenvalue weighted by Crippen LogP contribution is -2.09. The number of H-pyrrole nitrogens is 1. The number of carbonyl (C=O) groups is 2. The summed E-state index contributed by atoms with van der Waals surface area (Å²) in [6.45, 7) is 1.50. The molecule has 8 heteroatoms. The Bertz CT molecular complexity index is 1250. The van der Waals surface area contributed by atoms with E-state index < -0.39 is 11.9 Å². The van der Waals surface area contributed by atoms with Crippen LogP contribution in [0.3, 0.4) is 0 Å². The predicted molar refractivity (Wildman–Crippen MR) is 109 cm³/mol. The van der Waals surface area contributed by atoms with Gasteiger partial charge in [0.2, 0.25) is 0 Å². The van der Waals surface area contributed by atoms with Gasteiger partial charge in [-0.25, -0.2) is 14.7 Å². The highest BCUT2D eigenvalue weighted by Gasteiger charge is 2.21. The Hall–Kier alpha value is -4.33. The largest absolute Gasteiger partial charge is 0.478 e. The highest BCUT2D eigenvalue weighted by molar-refractivity contribution is 6.02. The van der Waals surface area contributed by atoms with Crippen molar-refractivity contribution in [3.63, 3.8) is 0 Å². The first-order valence-electron chi connectivity index (χ1n) is 9.01. The number of benzene rings is 3. The number of nitrogens with zero attached hydrogens (tertiary/aromatic N) is 3. The van der Waals surface area contributed by atoms with E-state index in [9.17, 15) is 19.8 Å². The minimum Gasteiger partial charge on any atom is -0.478 e. The molecule has 0 amide bonds. The van der Waals surface area contributed by atoms with Gasteiger partial charge in [-0.1, -0.05) is 48.5 Å². The van der Waals surface area contributed by atoms with Crippen molar-refractivity contribution in [3.8, 4) is 33.6 Å². The third kappa shape index (κ3) is 3.30. The van der Waals surface area contributed by atoms with Crippen LogP contribution in [0.2, 0.25) is 0 Å². The van der Waals surface area contributed by atoms with E-state index in [1.807, 2.05) is 36.4 Å². The summed E-state index contributed by atoms with van der Waals surface area (Å²) < 4.78 is 0. The summed E-state index contributed by atoms with van der Waals surface area (Å²) in [5, 5.41) is 33.2. The lowest BCUT2D eigenvalue weighted by molar-refractivity contribution is 0.0696. The summed E-state index contributed by atoms with van der Waals surface area (Å²) in [4.78, 5) is 23.4. The second-order valence-corrected chi connectivity index (χ2v) is 6.65. The van der Waals surface area contributed by atoms with Crippen LogP contribution in [0.15, 0.2) is 60.7 Å². The molecule has 0 saturated heterocycles. The van der Waals surface area contributed by atoms with Gasteiger partial charge < -0.3 is 10.2 Å². The van der Waals surface area contributed by atoms with E-state index in [1.54, 1.807) is 12.1 Å². The smallest absolute Gasteiger partial charge is 0.336 e. The molecule has 0 saturated carbocycles. The molecule has 0 spiro atoms. The van der Waals surface area contributed by atoms with Crippen LogP contribution in [0, 0.1) is 6.92 Å². The Morgan fingerprint density at radius 3 is 2.20 bits per heavy atom. The molecule has 0 aliphatic heterocycles. The maximum absolute atomic E-state index is 12.0. The first-order valence-corrected chi connectivity index (χ1v) is 9.01. The van der Waals surface area contributed by atoms with Crippen LogP contribution in [-0.4, -0.2) is 42.8 Å². The van der Waals surface area contributed by atoms with Crippen LogP contribution in [0.25, 0.3) is 33.6 Å². The molecule has 8 nitrogen and oxygen atoms in total. The zero-order valence-electron chi connectivity index (χ0n) is 15.8. The van der Waals surface area contributed by atoms with E-state index in [0.717, 1.165) is 11.1 Å². The fourth-order valence-corrected chi connectivity index (χ4v) is 3.51. The van der Waals surface area contributed by atoms with E-state index >= 15 is 0 Å². The van der Waals surface area contributed by atoms with Crippen LogP contribution in [-0.2, 0) is 0 Å². The highest BCUT2D eigenvalue weighted by atomic mass is 16.4. The average molecular weight is 400 g/mol. The van der Waals surface area contributed by atoms with Crippen molar-refractivity contribution >= 4 is 11.9 Å². The Morgan fingerprint density at radius 1 is 0.833 bits per heavy atom. The monoisotopic (exact) mass is 400 g/mol. The third-order valence-electron chi connectivity index (χ3n) is 4.93. The van der Waals surface area contributed by atoms with Gasteiger partial charge in [-0.05, 0) is 57.3 Å².